The van der Waals surface area contributed by atoms with E-state index in [2.05, 4.69) is 9.73 Å². The predicted octanol–water partition coefficient (Wildman–Crippen LogP) is 4.41. The van der Waals surface area contributed by atoms with Crippen LogP contribution in [0.15, 0.2) is 41.4 Å². The Morgan fingerprint density at radius 3 is 2.64 bits per heavy atom. The van der Waals surface area contributed by atoms with Crippen molar-refractivity contribution in [2.45, 2.75) is 6.61 Å². The highest BCUT2D eigenvalue weighted by molar-refractivity contribution is 6.32. The molecule has 0 atom stereocenters. The number of halogens is 3. The SMILES string of the molecule is COc1ccc(O)c(C=Nc2ccc(OC(F)F)c(Cl)c2)c1. The summed E-state index contributed by atoms with van der Waals surface area (Å²) in [6.45, 7) is -2.94. The monoisotopic (exact) mass is 327 g/mol. The number of aromatic hydroxyl groups is 1. The lowest BCUT2D eigenvalue weighted by Crippen LogP contribution is -2.01. The lowest BCUT2D eigenvalue weighted by atomic mass is 10.2. The maximum atomic E-state index is 12.1. The van der Waals surface area contributed by atoms with Crippen LogP contribution in [-0.2, 0) is 0 Å². The Morgan fingerprint density at radius 1 is 1.23 bits per heavy atom. The number of alkyl halides is 2. The van der Waals surface area contributed by atoms with E-state index in [0.29, 0.717) is 17.0 Å². The molecule has 0 aliphatic rings. The summed E-state index contributed by atoms with van der Waals surface area (Å²) in [5, 5.41) is 9.75. The van der Waals surface area contributed by atoms with Gasteiger partial charge >= 0.3 is 6.61 Å². The van der Waals surface area contributed by atoms with Gasteiger partial charge in [-0.2, -0.15) is 8.78 Å². The third kappa shape index (κ3) is 4.08. The Morgan fingerprint density at radius 2 is 2.00 bits per heavy atom. The van der Waals surface area contributed by atoms with Crippen molar-refractivity contribution in [3.8, 4) is 17.2 Å². The molecule has 0 aliphatic carbocycles. The van der Waals surface area contributed by atoms with Crippen molar-refractivity contribution in [3.63, 3.8) is 0 Å². The third-order valence-electron chi connectivity index (χ3n) is 2.72. The number of rotatable bonds is 5. The molecule has 0 heterocycles. The summed E-state index contributed by atoms with van der Waals surface area (Å²) in [6, 6.07) is 8.85. The van der Waals surface area contributed by atoms with E-state index in [1.807, 2.05) is 0 Å². The van der Waals surface area contributed by atoms with Crippen molar-refractivity contribution >= 4 is 23.5 Å². The molecule has 7 heteroatoms. The number of aliphatic imine (C=N–C) groups is 1. The van der Waals surface area contributed by atoms with Gasteiger partial charge in [-0.25, -0.2) is 0 Å². The minimum Gasteiger partial charge on any atom is -0.507 e. The van der Waals surface area contributed by atoms with Gasteiger partial charge in [0.05, 0.1) is 17.8 Å². The maximum absolute atomic E-state index is 12.1. The Labute approximate surface area is 130 Å². The van der Waals surface area contributed by atoms with Crippen LogP contribution in [0.4, 0.5) is 14.5 Å². The van der Waals surface area contributed by atoms with E-state index in [0.717, 1.165) is 0 Å². The van der Waals surface area contributed by atoms with Gasteiger partial charge < -0.3 is 14.6 Å². The fraction of sp³-hybridized carbons (Fsp3) is 0.133. The second-order valence-electron chi connectivity index (χ2n) is 4.18. The van der Waals surface area contributed by atoms with Gasteiger partial charge in [-0.3, -0.25) is 4.99 Å². The summed E-state index contributed by atoms with van der Waals surface area (Å²) in [5.41, 5.74) is 0.872. The van der Waals surface area contributed by atoms with Crippen molar-refractivity contribution in [2.75, 3.05) is 7.11 Å². The Kier molecular flexibility index (Phi) is 5.16. The van der Waals surface area contributed by atoms with Gasteiger partial charge in [-0.15, -0.1) is 0 Å². The summed E-state index contributed by atoms with van der Waals surface area (Å²) in [5.74, 6) is 0.478. The summed E-state index contributed by atoms with van der Waals surface area (Å²) in [4.78, 5) is 4.13. The van der Waals surface area contributed by atoms with E-state index >= 15 is 0 Å². The molecule has 0 bridgehead atoms. The van der Waals surface area contributed by atoms with E-state index in [1.165, 1.54) is 37.6 Å². The van der Waals surface area contributed by atoms with Crippen LogP contribution in [0.5, 0.6) is 17.2 Å². The molecule has 0 aromatic heterocycles. The average molecular weight is 328 g/mol. The number of nitrogens with zero attached hydrogens (tertiary/aromatic N) is 1. The number of phenols is 1. The molecule has 0 amide bonds. The molecule has 0 saturated carbocycles. The minimum absolute atomic E-state index is 0.0183. The zero-order chi connectivity index (χ0) is 16.1. The zero-order valence-electron chi connectivity index (χ0n) is 11.5. The first-order valence-electron chi connectivity index (χ1n) is 6.15. The Hall–Kier alpha value is -2.34. The normalized spacial score (nSPS) is 11.1. The van der Waals surface area contributed by atoms with Crippen molar-refractivity contribution in [2.24, 2.45) is 4.99 Å². The third-order valence-corrected chi connectivity index (χ3v) is 3.01. The fourth-order valence-corrected chi connectivity index (χ4v) is 1.89. The van der Waals surface area contributed by atoms with Gasteiger partial charge in [0.15, 0.2) is 0 Å². The van der Waals surface area contributed by atoms with Crippen molar-refractivity contribution in [1.82, 2.24) is 0 Å². The lowest BCUT2D eigenvalue weighted by Gasteiger charge is -2.06. The molecule has 0 unspecified atom stereocenters. The Bertz CT molecular complexity index is 692. The van der Waals surface area contributed by atoms with E-state index in [9.17, 15) is 13.9 Å². The zero-order valence-corrected chi connectivity index (χ0v) is 12.2. The molecule has 0 radical (unpaired) electrons. The molecule has 2 aromatic carbocycles. The Balaban J connectivity index is 2.22. The second kappa shape index (κ2) is 7.09. The highest BCUT2D eigenvalue weighted by Gasteiger charge is 2.08. The first-order valence-corrected chi connectivity index (χ1v) is 6.53. The van der Waals surface area contributed by atoms with E-state index in [1.54, 1.807) is 12.1 Å². The van der Waals surface area contributed by atoms with Crippen LogP contribution >= 0.6 is 11.6 Å². The molecule has 0 aliphatic heterocycles. The molecule has 0 spiro atoms. The first kappa shape index (κ1) is 16.0. The smallest absolute Gasteiger partial charge is 0.387 e. The molecule has 1 N–H and O–H groups in total. The molecule has 22 heavy (non-hydrogen) atoms. The van der Waals surface area contributed by atoms with Crippen LogP contribution < -0.4 is 9.47 Å². The number of benzene rings is 2. The highest BCUT2D eigenvalue weighted by atomic mass is 35.5. The summed E-state index contributed by atoms with van der Waals surface area (Å²) in [7, 11) is 1.51. The second-order valence-corrected chi connectivity index (χ2v) is 4.58. The number of hydrogen-bond acceptors (Lipinski definition) is 4. The molecule has 0 saturated heterocycles. The molecule has 2 aromatic rings. The van der Waals surface area contributed by atoms with Gasteiger partial charge in [-0.05, 0) is 36.4 Å². The van der Waals surface area contributed by atoms with Crippen molar-refractivity contribution in [3.05, 3.63) is 47.0 Å². The van der Waals surface area contributed by atoms with Crippen molar-refractivity contribution < 1.29 is 23.4 Å². The van der Waals surface area contributed by atoms with Crippen LogP contribution in [0, 0.1) is 0 Å². The molecule has 0 fully saturated rings. The van der Waals surface area contributed by atoms with Gasteiger partial charge in [0, 0.05) is 11.8 Å². The van der Waals surface area contributed by atoms with Crippen LogP contribution in [0.3, 0.4) is 0 Å². The first-order chi connectivity index (χ1) is 10.5. The molecular formula is C15H12ClF2NO3. The van der Waals surface area contributed by atoms with Crippen LogP contribution in [-0.4, -0.2) is 25.0 Å². The van der Waals surface area contributed by atoms with Crippen LogP contribution in [0.2, 0.25) is 5.02 Å². The maximum Gasteiger partial charge on any atom is 0.387 e. The lowest BCUT2D eigenvalue weighted by molar-refractivity contribution is -0.0497. The average Bonchev–Trinajstić information content (AvgIpc) is 2.48. The predicted molar refractivity (Wildman–Crippen MR) is 80.0 cm³/mol. The van der Waals surface area contributed by atoms with E-state index in [-0.39, 0.29) is 16.5 Å². The van der Waals surface area contributed by atoms with E-state index in [4.69, 9.17) is 16.3 Å². The molecule has 4 nitrogen and oxygen atoms in total. The molecular weight excluding hydrogens is 316 g/mol. The van der Waals surface area contributed by atoms with Crippen LogP contribution in [0.25, 0.3) is 0 Å². The summed E-state index contributed by atoms with van der Waals surface area (Å²) >= 11 is 5.83. The quantitative estimate of drug-likeness (QED) is 0.828. The summed E-state index contributed by atoms with van der Waals surface area (Å²) < 4.78 is 33.6. The number of hydrogen-bond donors (Lipinski definition) is 1. The number of methoxy groups -OCH3 is 1. The fourth-order valence-electron chi connectivity index (χ4n) is 1.67. The van der Waals surface area contributed by atoms with Crippen molar-refractivity contribution in [1.29, 1.82) is 0 Å². The highest BCUT2D eigenvalue weighted by Crippen LogP contribution is 2.30. The molecule has 116 valence electrons. The van der Waals surface area contributed by atoms with Gasteiger partial charge in [-0.1, -0.05) is 11.6 Å². The van der Waals surface area contributed by atoms with Gasteiger partial charge in [0.25, 0.3) is 0 Å². The number of ether oxygens (including phenoxy) is 2. The van der Waals surface area contributed by atoms with Gasteiger partial charge in [0.2, 0.25) is 0 Å². The van der Waals surface area contributed by atoms with Crippen LogP contribution in [0.1, 0.15) is 5.56 Å². The number of phenolic OH excluding ortho intramolecular Hbond substituents is 1. The van der Waals surface area contributed by atoms with Gasteiger partial charge in [0.1, 0.15) is 17.2 Å². The topological polar surface area (TPSA) is 51.0 Å². The minimum atomic E-state index is -2.94. The molecule has 2 rings (SSSR count). The standard InChI is InChI=1S/C15H12ClF2NO3/c1-21-11-3-4-13(20)9(6-11)8-19-10-2-5-14(12(16)7-10)22-15(17)18/h2-8,15,20H,1H3. The largest absolute Gasteiger partial charge is 0.507 e. The van der Waals surface area contributed by atoms with E-state index < -0.39 is 6.61 Å². The summed E-state index contributed by atoms with van der Waals surface area (Å²) in [6.07, 6.45) is 1.41.